The number of nitro groups is 1. The molecule has 0 fully saturated rings. The minimum atomic E-state index is -0.498. The maximum Gasteiger partial charge on any atom is 0.269 e. The van der Waals surface area contributed by atoms with Gasteiger partial charge in [-0.2, -0.15) is 0 Å². The summed E-state index contributed by atoms with van der Waals surface area (Å²) in [7, 11) is 1.62. The molecule has 0 spiro atoms. The maximum absolute atomic E-state index is 12.3. The number of non-ortho nitro benzene ring substituents is 1. The molecule has 0 aromatic heterocycles. The highest BCUT2D eigenvalue weighted by atomic mass is 35.5. The number of nitrogens with zero attached hydrogens (tertiary/aromatic N) is 2. The third kappa shape index (κ3) is 6.06. The van der Waals surface area contributed by atoms with E-state index in [9.17, 15) is 19.7 Å². The Bertz CT molecular complexity index is 867. The summed E-state index contributed by atoms with van der Waals surface area (Å²) in [6.07, 6.45) is 0.787. The lowest BCUT2D eigenvalue weighted by atomic mass is 10.1. The molecule has 0 radical (unpaired) electrons. The Balaban J connectivity index is 1.80. The van der Waals surface area contributed by atoms with Crippen LogP contribution < -0.4 is 4.74 Å². The largest absolute Gasteiger partial charge is 0.494 e. The molecular weight excluding hydrogens is 384 g/mol. The van der Waals surface area contributed by atoms with Crippen molar-refractivity contribution in [3.63, 3.8) is 0 Å². The molecule has 0 atom stereocenters. The van der Waals surface area contributed by atoms with E-state index in [2.05, 4.69) is 0 Å². The molecular formula is C20H21ClN2O5. The second-order valence-corrected chi connectivity index (χ2v) is 6.72. The number of amides is 1. The summed E-state index contributed by atoms with van der Waals surface area (Å²) in [5.74, 6) is 0.510. The molecule has 0 saturated heterocycles. The molecule has 0 saturated carbocycles. The maximum atomic E-state index is 12.3. The number of carbonyl (C=O) groups excluding carboxylic acids is 2. The lowest BCUT2D eigenvalue weighted by Gasteiger charge is -2.18. The van der Waals surface area contributed by atoms with E-state index < -0.39 is 4.92 Å². The van der Waals surface area contributed by atoms with Gasteiger partial charge in [-0.3, -0.25) is 19.7 Å². The van der Waals surface area contributed by atoms with Crippen molar-refractivity contribution < 1.29 is 19.2 Å². The Labute approximate surface area is 168 Å². The summed E-state index contributed by atoms with van der Waals surface area (Å²) in [6.45, 7) is 2.04. The number of halogens is 1. The quantitative estimate of drug-likeness (QED) is 0.269. The summed E-state index contributed by atoms with van der Waals surface area (Å²) >= 11 is 6.07. The van der Waals surface area contributed by atoms with Crippen LogP contribution in [0.5, 0.6) is 5.75 Å². The first-order valence-electron chi connectivity index (χ1n) is 8.68. The van der Waals surface area contributed by atoms with Crippen LogP contribution in [0.2, 0.25) is 5.02 Å². The van der Waals surface area contributed by atoms with Crippen molar-refractivity contribution in [2.75, 3.05) is 13.7 Å². The monoisotopic (exact) mass is 404 g/mol. The molecule has 7 nitrogen and oxygen atoms in total. The van der Waals surface area contributed by atoms with Crippen molar-refractivity contribution in [1.29, 1.82) is 0 Å². The molecule has 2 aromatic carbocycles. The Kier molecular flexibility index (Phi) is 7.52. The number of hydrogen-bond acceptors (Lipinski definition) is 5. The number of hydrogen-bond donors (Lipinski definition) is 0. The Hall–Kier alpha value is -2.93. The molecule has 0 aliphatic carbocycles. The van der Waals surface area contributed by atoms with Crippen LogP contribution in [0.4, 0.5) is 5.69 Å². The highest BCUT2D eigenvalue weighted by Crippen LogP contribution is 2.23. The average Bonchev–Trinajstić information content (AvgIpc) is 2.66. The smallest absolute Gasteiger partial charge is 0.269 e. The molecule has 1 amide bonds. The third-order valence-electron chi connectivity index (χ3n) is 4.14. The fraction of sp³-hybridized carbons (Fsp3) is 0.300. The molecule has 0 heterocycles. The van der Waals surface area contributed by atoms with Gasteiger partial charge in [0.25, 0.3) is 5.69 Å². The zero-order chi connectivity index (χ0) is 20.7. The molecule has 0 aliphatic rings. The van der Waals surface area contributed by atoms with Gasteiger partial charge >= 0.3 is 0 Å². The van der Waals surface area contributed by atoms with E-state index >= 15 is 0 Å². The first kappa shape index (κ1) is 21.4. The van der Waals surface area contributed by atoms with Crippen molar-refractivity contribution in [3.8, 4) is 5.75 Å². The molecule has 0 unspecified atom stereocenters. The second kappa shape index (κ2) is 9.85. The molecule has 2 aromatic rings. The highest BCUT2D eigenvalue weighted by molar-refractivity contribution is 6.31. The van der Waals surface area contributed by atoms with E-state index in [0.717, 1.165) is 0 Å². The van der Waals surface area contributed by atoms with Gasteiger partial charge in [0.05, 0.1) is 11.5 Å². The molecule has 2 rings (SSSR count). The number of benzene rings is 2. The SMILES string of the molecule is CC(=O)c1ccc(OCCCC(=O)N(C)Cc2cc([N+](=O)[O-])ccc2Cl)cc1. The Morgan fingerprint density at radius 2 is 1.86 bits per heavy atom. The molecule has 28 heavy (non-hydrogen) atoms. The van der Waals surface area contributed by atoms with Crippen molar-refractivity contribution in [1.82, 2.24) is 4.90 Å². The molecule has 148 valence electrons. The van der Waals surface area contributed by atoms with Gasteiger partial charge < -0.3 is 9.64 Å². The van der Waals surface area contributed by atoms with E-state index in [4.69, 9.17) is 16.3 Å². The standard InChI is InChI=1S/C20H21ClN2O5/c1-14(24)15-5-8-18(9-6-15)28-11-3-4-20(25)22(2)13-16-12-17(23(26)27)7-10-19(16)21/h5-10,12H,3-4,11,13H2,1-2H3. The van der Waals surface area contributed by atoms with Gasteiger partial charge in [-0.05, 0) is 49.2 Å². The van der Waals surface area contributed by atoms with Gasteiger partial charge in [0, 0.05) is 42.7 Å². The van der Waals surface area contributed by atoms with Crippen LogP contribution in [-0.2, 0) is 11.3 Å². The molecule has 8 heteroatoms. The third-order valence-corrected chi connectivity index (χ3v) is 4.51. The summed E-state index contributed by atoms with van der Waals surface area (Å²) in [5.41, 5.74) is 1.07. The molecule has 0 aliphatic heterocycles. The predicted octanol–water partition coefficient (Wildman–Crippen LogP) is 4.27. The van der Waals surface area contributed by atoms with Crippen LogP contribution >= 0.6 is 11.6 Å². The summed E-state index contributed by atoms with van der Waals surface area (Å²) < 4.78 is 5.57. The number of nitro benzene ring substituents is 1. The average molecular weight is 405 g/mol. The predicted molar refractivity (Wildman–Crippen MR) is 106 cm³/mol. The minimum Gasteiger partial charge on any atom is -0.494 e. The summed E-state index contributed by atoms with van der Waals surface area (Å²) in [5, 5.41) is 11.3. The van der Waals surface area contributed by atoms with Gasteiger partial charge in [-0.1, -0.05) is 11.6 Å². The van der Waals surface area contributed by atoms with Crippen molar-refractivity contribution in [2.24, 2.45) is 0 Å². The lowest BCUT2D eigenvalue weighted by molar-refractivity contribution is -0.384. The van der Waals surface area contributed by atoms with E-state index in [1.807, 2.05) is 0 Å². The van der Waals surface area contributed by atoms with Crippen LogP contribution in [0.15, 0.2) is 42.5 Å². The topological polar surface area (TPSA) is 89.8 Å². The van der Waals surface area contributed by atoms with Crippen LogP contribution in [0.1, 0.15) is 35.7 Å². The zero-order valence-electron chi connectivity index (χ0n) is 15.7. The summed E-state index contributed by atoms with van der Waals surface area (Å²) in [4.78, 5) is 35.4. The first-order chi connectivity index (χ1) is 13.3. The highest BCUT2D eigenvalue weighted by Gasteiger charge is 2.14. The van der Waals surface area contributed by atoms with Crippen molar-refractivity contribution in [2.45, 2.75) is 26.3 Å². The van der Waals surface area contributed by atoms with E-state index in [0.29, 0.717) is 34.9 Å². The number of carbonyl (C=O) groups is 2. The molecule has 0 N–H and O–H groups in total. The minimum absolute atomic E-state index is 0.0102. The normalized spacial score (nSPS) is 10.4. The van der Waals surface area contributed by atoms with Gasteiger partial charge in [-0.25, -0.2) is 0 Å². The number of Topliss-reactive ketones (excluding diaryl/α,β-unsaturated/α-hetero) is 1. The van der Waals surface area contributed by atoms with Crippen LogP contribution in [0.3, 0.4) is 0 Å². The van der Waals surface area contributed by atoms with E-state index in [1.54, 1.807) is 31.3 Å². The van der Waals surface area contributed by atoms with Crippen LogP contribution in [0.25, 0.3) is 0 Å². The zero-order valence-corrected chi connectivity index (χ0v) is 16.4. The molecule has 0 bridgehead atoms. The summed E-state index contributed by atoms with van der Waals surface area (Å²) in [6, 6.07) is 11.0. The fourth-order valence-corrected chi connectivity index (χ4v) is 2.71. The fourth-order valence-electron chi connectivity index (χ4n) is 2.53. The number of ether oxygens (including phenoxy) is 1. The van der Waals surface area contributed by atoms with Crippen LogP contribution in [-0.4, -0.2) is 35.2 Å². The van der Waals surface area contributed by atoms with Crippen molar-refractivity contribution in [3.05, 3.63) is 68.7 Å². The first-order valence-corrected chi connectivity index (χ1v) is 9.06. The lowest BCUT2D eigenvalue weighted by Crippen LogP contribution is -2.26. The van der Waals surface area contributed by atoms with Crippen LogP contribution in [0, 0.1) is 10.1 Å². The number of ketones is 1. The Morgan fingerprint density at radius 1 is 1.18 bits per heavy atom. The van der Waals surface area contributed by atoms with Gasteiger partial charge in [0.1, 0.15) is 5.75 Å². The van der Waals surface area contributed by atoms with E-state index in [-0.39, 0.29) is 30.3 Å². The van der Waals surface area contributed by atoms with E-state index in [1.165, 1.54) is 30.0 Å². The van der Waals surface area contributed by atoms with Gasteiger partial charge in [-0.15, -0.1) is 0 Å². The van der Waals surface area contributed by atoms with Crippen molar-refractivity contribution >= 4 is 29.0 Å². The second-order valence-electron chi connectivity index (χ2n) is 6.32. The Morgan fingerprint density at radius 3 is 2.46 bits per heavy atom. The number of rotatable bonds is 9. The van der Waals surface area contributed by atoms with Gasteiger partial charge in [0.15, 0.2) is 5.78 Å². The van der Waals surface area contributed by atoms with Gasteiger partial charge in [0.2, 0.25) is 5.91 Å².